The van der Waals surface area contributed by atoms with E-state index in [1.807, 2.05) is 30.3 Å². The Balaban J connectivity index is 1.63. The number of nitrogens with zero attached hydrogens (tertiary/aromatic N) is 2. The van der Waals surface area contributed by atoms with E-state index in [0.717, 1.165) is 5.56 Å². The first-order valence-electron chi connectivity index (χ1n) is 9.68. The minimum atomic E-state index is -0.646. The van der Waals surface area contributed by atoms with Crippen LogP contribution in [-0.4, -0.2) is 26.6 Å². The normalized spacial score (nSPS) is 11.8. The number of H-pyrrole nitrogens is 1. The van der Waals surface area contributed by atoms with Gasteiger partial charge < -0.3 is 10.3 Å². The van der Waals surface area contributed by atoms with Gasteiger partial charge in [-0.2, -0.15) is 0 Å². The summed E-state index contributed by atoms with van der Waals surface area (Å²) in [5.74, 6) is -0.375. The van der Waals surface area contributed by atoms with Crippen LogP contribution in [0.4, 0.5) is 11.4 Å². The van der Waals surface area contributed by atoms with Crippen molar-refractivity contribution < 1.29 is 14.5 Å². The summed E-state index contributed by atoms with van der Waals surface area (Å²) in [6, 6.07) is 20.4. The first-order chi connectivity index (χ1) is 15.4. The van der Waals surface area contributed by atoms with Crippen molar-refractivity contribution in [3.8, 4) is 0 Å². The Morgan fingerprint density at radius 2 is 1.84 bits per heavy atom. The highest BCUT2D eigenvalue weighted by molar-refractivity contribution is 8.00. The number of carbonyl (C=O) groups is 2. The van der Waals surface area contributed by atoms with Gasteiger partial charge in [0.2, 0.25) is 5.91 Å². The third-order valence-corrected chi connectivity index (χ3v) is 5.90. The molecule has 0 bridgehead atoms. The summed E-state index contributed by atoms with van der Waals surface area (Å²) in [4.78, 5) is 43.0. The Kier molecular flexibility index (Phi) is 6.00. The number of aromatic amines is 1. The average Bonchev–Trinajstić information content (AvgIpc) is 3.20. The van der Waals surface area contributed by atoms with Gasteiger partial charge in [-0.3, -0.25) is 19.7 Å². The van der Waals surface area contributed by atoms with Gasteiger partial charge in [0.25, 0.3) is 5.69 Å². The molecule has 160 valence electrons. The van der Waals surface area contributed by atoms with Crippen molar-refractivity contribution in [2.75, 3.05) is 5.32 Å². The van der Waals surface area contributed by atoms with E-state index in [9.17, 15) is 19.7 Å². The van der Waals surface area contributed by atoms with Crippen LogP contribution in [0.15, 0.2) is 78.0 Å². The molecule has 0 spiro atoms. The molecule has 4 aromatic rings. The number of nitro benzene ring substituents is 1. The molecule has 1 heterocycles. The number of ketones is 1. The molecule has 4 rings (SSSR count). The van der Waals surface area contributed by atoms with E-state index in [4.69, 9.17) is 0 Å². The number of imidazole rings is 1. The highest BCUT2D eigenvalue weighted by Gasteiger charge is 2.24. The number of rotatable bonds is 7. The molecule has 0 aliphatic rings. The van der Waals surface area contributed by atoms with Gasteiger partial charge in [0.1, 0.15) is 5.25 Å². The molecule has 0 saturated heterocycles. The van der Waals surface area contributed by atoms with E-state index >= 15 is 0 Å². The van der Waals surface area contributed by atoms with Crippen molar-refractivity contribution >= 4 is 45.9 Å². The number of nitro groups is 1. The molecule has 0 aliphatic heterocycles. The summed E-state index contributed by atoms with van der Waals surface area (Å²) in [7, 11) is 0. The molecule has 0 aliphatic carbocycles. The summed E-state index contributed by atoms with van der Waals surface area (Å²) in [5, 5.41) is 13.7. The van der Waals surface area contributed by atoms with Crippen LogP contribution in [0.3, 0.4) is 0 Å². The lowest BCUT2D eigenvalue weighted by molar-refractivity contribution is -0.384. The van der Waals surface area contributed by atoms with Gasteiger partial charge in [-0.15, -0.1) is 0 Å². The lowest BCUT2D eigenvalue weighted by Gasteiger charge is -2.16. The molecule has 2 N–H and O–H groups in total. The molecule has 3 aromatic carbocycles. The Morgan fingerprint density at radius 1 is 1.06 bits per heavy atom. The standard InChI is InChI=1S/C23H18N4O4S/c1-14(28)16-8-5-9-17(12-16)24-22(29)21(15-6-3-2-4-7-15)32-23-25-19-11-10-18(27(30)31)13-20(19)26-23/h2-13,21H,1H3,(H,24,29)(H,25,26)/t21-/m0/s1. The fourth-order valence-corrected chi connectivity index (χ4v) is 4.18. The Labute approximate surface area is 187 Å². The first-order valence-corrected chi connectivity index (χ1v) is 10.6. The predicted molar refractivity (Wildman–Crippen MR) is 123 cm³/mol. The van der Waals surface area contributed by atoms with Crippen molar-refractivity contribution in [1.29, 1.82) is 0 Å². The van der Waals surface area contributed by atoms with Crippen LogP contribution in [0.2, 0.25) is 0 Å². The zero-order chi connectivity index (χ0) is 22.7. The minimum Gasteiger partial charge on any atom is -0.333 e. The number of aromatic nitrogens is 2. The number of hydrogen-bond donors (Lipinski definition) is 2. The van der Waals surface area contributed by atoms with Crippen molar-refractivity contribution in [2.24, 2.45) is 0 Å². The van der Waals surface area contributed by atoms with Gasteiger partial charge in [0.05, 0.1) is 16.0 Å². The van der Waals surface area contributed by atoms with Crippen LogP contribution in [0.5, 0.6) is 0 Å². The molecular weight excluding hydrogens is 428 g/mol. The topological polar surface area (TPSA) is 118 Å². The maximum atomic E-state index is 13.2. The first kappa shape index (κ1) is 21.3. The number of benzene rings is 3. The lowest BCUT2D eigenvalue weighted by atomic mass is 10.1. The number of thioether (sulfide) groups is 1. The minimum absolute atomic E-state index is 0.0413. The molecule has 8 nitrogen and oxygen atoms in total. The fraction of sp³-hybridized carbons (Fsp3) is 0.0870. The molecule has 0 radical (unpaired) electrons. The Bertz CT molecular complexity index is 1320. The molecule has 1 atom stereocenters. The highest BCUT2D eigenvalue weighted by Crippen LogP contribution is 2.36. The van der Waals surface area contributed by atoms with E-state index in [2.05, 4.69) is 15.3 Å². The van der Waals surface area contributed by atoms with Crippen LogP contribution in [0, 0.1) is 10.1 Å². The van der Waals surface area contributed by atoms with Gasteiger partial charge in [-0.05, 0) is 30.7 Å². The van der Waals surface area contributed by atoms with E-state index in [-0.39, 0.29) is 17.4 Å². The molecule has 32 heavy (non-hydrogen) atoms. The number of anilines is 1. The number of Topliss-reactive ketones (excluding diaryl/α,β-unsaturated/α-hetero) is 1. The van der Waals surface area contributed by atoms with Gasteiger partial charge in [0, 0.05) is 23.4 Å². The number of fused-ring (bicyclic) bond motifs is 1. The zero-order valence-corrected chi connectivity index (χ0v) is 17.8. The monoisotopic (exact) mass is 446 g/mol. The van der Waals surface area contributed by atoms with Gasteiger partial charge in [-0.25, -0.2) is 4.98 Å². The van der Waals surface area contributed by atoms with E-state index in [0.29, 0.717) is 27.4 Å². The number of non-ortho nitro benzene ring substituents is 1. The van der Waals surface area contributed by atoms with E-state index in [1.165, 1.54) is 30.8 Å². The van der Waals surface area contributed by atoms with E-state index in [1.54, 1.807) is 30.3 Å². The summed E-state index contributed by atoms with van der Waals surface area (Å²) < 4.78 is 0. The molecule has 0 fully saturated rings. The smallest absolute Gasteiger partial charge is 0.271 e. The van der Waals surface area contributed by atoms with Gasteiger partial charge >= 0.3 is 0 Å². The van der Waals surface area contributed by atoms with Crippen LogP contribution >= 0.6 is 11.8 Å². The molecule has 9 heteroatoms. The fourth-order valence-electron chi connectivity index (χ4n) is 3.18. The quantitative estimate of drug-likeness (QED) is 0.175. The van der Waals surface area contributed by atoms with E-state index < -0.39 is 10.2 Å². The largest absolute Gasteiger partial charge is 0.333 e. The van der Waals surface area contributed by atoms with Crippen molar-refractivity contribution in [1.82, 2.24) is 9.97 Å². The summed E-state index contributed by atoms with van der Waals surface area (Å²) in [5.41, 5.74) is 2.84. The highest BCUT2D eigenvalue weighted by atomic mass is 32.2. The molecular formula is C23H18N4O4S. The number of amides is 1. The zero-order valence-electron chi connectivity index (χ0n) is 16.9. The second kappa shape index (κ2) is 9.03. The number of carbonyl (C=O) groups excluding carboxylic acids is 2. The molecule has 0 unspecified atom stereocenters. The second-order valence-electron chi connectivity index (χ2n) is 7.04. The van der Waals surface area contributed by atoms with Crippen LogP contribution < -0.4 is 5.32 Å². The Morgan fingerprint density at radius 3 is 2.56 bits per heavy atom. The molecule has 1 aromatic heterocycles. The third-order valence-electron chi connectivity index (χ3n) is 4.76. The number of hydrogen-bond acceptors (Lipinski definition) is 6. The lowest BCUT2D eigenvalue weighted by Crippen LogP contribution is -2.19. The summed E-state index contributed by atoms with van der Waals surface area (Å²) in [6.45, 7) is 1.47. The maximum absolute atomic E-state index is 13.2. The SMILES string of the molecule is CC(=O)c1cccc(NC(=O)[C@@H](Sc2nc3ccc([N+](=O)[O-])cc3[nH]2)c2ccccc2)c1. The second-order valence-corrected chi connectivity index (χ2v) is 8.13. The van der Waals surface area contributed by atoms with Crippen molar-refractivity contribution in [2.45, 2.75) is 17.3 Å². The maximum Gasteiger partial charge on any atom is 0.271 e. The summed E-state index contributed by atoms with van der Waals surface area (Å²) >= 11 is 1.20. The third kappa shape index (κ3) is 4.68. The molecule has 1 amide bonds. The average molecular weight is 446 g/mol. The van der Waals surface area contributed by atoms with Gasteiger partial charge in [-0.1, -0.05) is 54.2 Å². The predicted octanol–water partition coefficient (Wildman–Crippen LogP) is 5.15. The van der Waals surface area contributed by atoms with Crippen LogP contribution in [0.1, 0.15) is 28.1 Å². The van der Waals surface area contributed by atoms with Crippen molar-refractivity contribution in [3.05, 3.63) is 94.0 Å². The Hall–Kier alpha value is -3.98. The van der Waals surface area contributed by atoms with Crippen LogP contribution in [-0.2, 0) is 4.79 Å². The molecule has 0 saturated carbocycles. The summed E-state index contributed by atoms with van der Waals surface area (Å²) in [6.07, 6.45) is 0. The van der Waals surface area contributed by atoms with Gasteiger partial charge in [0.15, 0.2) is 10.9 Å². The van der Waals surface area contributed by atoms with Crippen molar-refractivity contribution in [3.63, 3.8) is 0 Å². The van der Waals surface area contributed by atoms with Crippen LogP contribution in [0.25, 0.3) is 11.0 Å². The number of nitrogens with one attached hydrogen (secondary N) is 2.